The lowest BCUT2D eigenvalue weighted by Gasteiger charge is -2.10. The molecule has 25 heavy (non-hydrogen) atoms. The van der Waals surface area contributed by atoms with Gasteiger partial charge in [-0.15, -0.1) is 0 Å². The van der Waals surface area contributed by atoms with E-state index >= 15 is 0 Å². The number of likely N-dealkylation sites (N-methyl/N-ethyl adjacent to an activating group) is 1. The molecule has 1 heterocycles. The Balaban J connectivity index is 1.88. The van der Waals surface area contributed by atoms with Crippen LogP contribution in [0.15, 0.2) is 51.7 Å². The molecule has 0 fully saturated rings. The van der Waals surface area contributed by atoms with E-state index in [0.717, 1.165) is 3.57 Å². The van der Waals surface area contributed by atoms with Crippen molar-refractivity contribution in [2.75, 3.05) is 26.0 Å². The topological polar surface area (TPSA) is 67.5 Å². The summed E-state index contributed by atoms with van der Waals surface area (Å²) >= 11 is 2.17. The van der Waals surface area contributed by atoms with Crippen molar-refractivity contribution in [2.45, 2.75) is 6.54 Å². The number of anilines is 1. The zero-order valence-corrected chi connectivity index (χ0v) is 16.1. The van der Waals surface area contributed by atoms with E-state index in [1.165, 1.54) is 0 Å². The van der Waals surface area contributed by atoms with E-state index in [1.54, 1.807) is 28.8 Å². The van der Waals surface area contributed by atoms with Crippen molar-refractivity contribution in [1.29, 1.82) is 0 Å². The van der Waals surface area contributed by atoms with Crippen LogP contribution in [0.25, 0.3) is 11.1 Å². The lowest BCUT2D eigenvalue weighted by molar-refractivity contribution is 0.102. The number of carbonyl (C=O) groups excluding carboxylic acids is 1. The number of amides is 1. The first-order valence-electron chi connectivity index (χ1n) is 7.79. The highest BCUT2D eigenvalue weighted by Gasteiger charge is 2.12. The third kappa shape index (κ3) is 4.10. The van der Waals surface area contributed by atoms with Crippen molar-refractivity contribution in [2.24, 2.45) is 0 Å². The molecule has 0 saturated heterocycles. The van der Waals surface area contributed by atoms with Gasteiger partial charge in [0, 0.05) is 27.9 Å². The fourth-order valence-corrected chi connectivity index (χ4v) is 3.03. The molecule has 0 aliphatic heterocycles. The van der Waals surface area contributed by atoms with Crippen LogP contribution in [0.1, 0.15) is 10.4 Å². The Labute approximate surface area is 158 Å². The van der Waals surface area contributed by atoms with Crippen LogP contribution in [-0.2, 0) is 6.54 Å². The second-order valence-corrected chi connectivity index (χ2v) is 7.22. The Morgan fingerprint density at radius 3 is 2.76 bits per heavy atom. The van der Waals surface area contributed by atoms with Crippen LogP contribution >= 0.6 is 22.6 Å². The van der Waals surface area contributed by atoms with Crippen LogP contribution in [0, 0.1) is 3.57 Å². The molecule has 0 atom stereocenters. The first-order valence-corrected chi connectivity index (χ1v) is 8.87. The maximum Gasteiger partial charge on any atom is 0.419 e. The molecule has 0 bridgehead atoms. The summed E-state index contributed by atoms with van der Waals surface area (Å²) < 4.78 is 7.84. The van der Waals surface area contributed by atoms with Gasteiger partial charge in [0.2, 0.25) is 0 Å². The van der Waals surface area contributed by atoms with E-state index in [1.807, 2.05) is 37.2 Å². The molecule has 0 saturated carbocycles. The largest absolute Gasteiger partial charge is 0.419 e. The molecule has 1 aromatic heterocycles. The van der Waals surface area contributed by atoms with Crippen molar-refractivity contribution in [1.82, 2.24) is 9.47 Å². The van der Waals surface area contributed by atoms with Gasteiger partial charge >= 0.3 is 5.76 Å². The lowest BCUT2D eigenvalue weighted by atomic mass is 10.2. The van der Waals surface area contributed by atoms with Gasteiger partial charge in [-0.2, -0.15) is 0 Å². The first kappa shape index (κ1) is 17.7. The monoisotopic (exact) mass is 451 g/mol. The van der Waals surface area contributed by atoms with E-state index in [2.05, 4.69) is 27.9 Å². The van der Waals surface area contributed by atoms with E-state index < -0.39 is 5.76 Å². The van der Waals surface area contributed by atoms with Gasteiger partial charge in [-0.25, -0.2) is 4.79 Å². The molecule has 0 aliphatic carbocycles. The number of carbonyl (C=O) groups is 1. The van der Waals surface area contributed by atoms with Crippen LogP contribution < -0.4 is 11.1 Å². The van der Waals surface area contributed by atoms with Gasteiger partial charge in [0.25, 0.3) is 5.91 Å². The minimum Gasteiger partial charge on any atom is -0.408 e. The number of nitrogens with one attached hydrogen (secondary N) is 1. The molecule has 3 rings (SSSR count). The molecule has 0 aliphatic rings. The number of aromatic nitrogens is 1. The summed E-state index contributed by atoms with van der Waals surface area (Å²) in [5, 5.41) is 2.87. The Morgan fingerprint density at radius 2 is 2.04 bits per heavy atom. The smallest absolute Gasteiger partial charge is 0.408 e. The zero-order valence-electron chi connectivity index (χ0n) is 14.0. The lowest BCUT2D eigenvalue weighted by Crippen LogP contribution is -2.23. The van der Waals surface area contributed by atoms with E-state index in [9.17, 15) is 9.59 Å². The molecule has 7 heteroatoms. The fraction of sp³-hybridized carbons (Fsp3) is 0.222. The van der Waals surface area contributed by atoms with Crippen LogP contribution in [0.2, 0.25) is 0 Å². The molecule has 6 nitrogen and oxygen atoms in total. The maximum atomic E-state index is 12.4. The highest BCUT2D eigenvalue weighted by Crippen LogP contribution is 2.19. The van der Waals surface area contributed by atoms with Crippen LogP contribution in [-0.4, -0.2) is 36.0 Å². The Morgan fingerprint density at radius 1 is 1.24 bits per heavy atom. The molecule has 0 spiro atoms. The van der Waals surface area contributed by atoms with Crippen LogP contribution in [0.3, 0.4) is 0 Å². The summed E-state index contributed by atoms with van der Waals surface area (Å²) in [7, 11) is 3.89. The number of rotatable bonds is 5. The van der Waals surface area contributed by atoms with Crippen LogP contribution in [0.4, 0.5) is 5.69 Å². The SMILES string of the molecule is CN(C)CCn1c(=O)oc2ccc(NC(=O)c3cccc(I)c3)cc21. The molecule has 0 unspecified atom stereocenters. The maximum absolute atomic E-state index is 12.4. The van der Waals surface area contributed by atoms with Crippen molar-refractivity contribution in [3.05, 3.63) is 62.1 Å². The molecular formula is C18H18IN3O3. The summed E-state index contributed by atoms with van der Waals surface area (Å²) in [6.45, 7) is 1.24. The zero-order chi connectivity index (χ0) is 18.0. The number of hydrogen-bond donors (Lipinski definition) is 1. The van der Waals surface area contributed by atoms with Crippen molar-refractivity contribution < 1.29 is 9.21 Å². The molecular weight excluding hydrogens is 433 g/mol. The van der Waals surface area contributed by atoms with Crippen LogP contribution in [0.5, 0.6) is 0 Å². The predicted molar refractivity (Wildman–Crippen MR) is 106 cm³/mol. The summed E-state index contributed by atoms with van der Waals surface area (Å²) in [4.78, 5) is 26.4. The summed E-state index contributed by atoms with van der Waals surface area (Å²) in [5.74, 6) is -0.582. The first-order chi connectivity index (χ1) is 11.9. The third-order valence-corrected chi connectivity index (χ3v) is 4.45. The standard InChI is InChI=1S/C18H18IN3O3/c1-21(2)8-9-22-15-11-14(6-7-16(15)25-18(22)24)20-17(23)12-4-3-5-13(19)10-12/h3-7,10-11H,8-9H2,1-2H3,(H,20,23). The highest BCUT2D eigenvalue weighted by atomic mass is 127. The van der Waals surface area contributed by atoms with Gasteiger partial charge in [-0.1, -0.05) is 6.07 Å². The van der Waals surface area contributed by atoms with E-state index in [0.29, 0.717) is 35.4 Å². The molecule has 3 aromatic rings. The Kier molecular flexibility index (Phi) is 5.24. The number of benzene rings is 2. The number of hydrogen-bond acceptors (Lipinski definition) is 4. The van der Waals surface area contributed by atoms with Gasteiger partial charge in [-0.3, -0.25) is 9.36 Å². The molecule has 130 valence electrons. The van der Waals surface area contributed by atoms with Gasteiger partial charge in [0.1, 0.15) is 0 Å². The average molecular weight is 451 g/mol. The number of fused-ring (bicyclic) bond motifs is 1. The minimum atomic E-state index is -0.391. The van der Waals surface area contributed by atoms with E-state index in [-0.39, 0.29) is 5.91 Å². The van der Waals surface area contributed by atoms with Gasteiger partial charge in [0.15, 0.2) is 5.58 Å². The Bertz CT molecular complexity index is 975. The van der Waals surface area contributed by atoms with Gasteiger partial charge in [-0.05, 0) is 73.1 Å². The van der Waals surface area contributed by atoms with Gasteiger partial charge < -0.3 is 14.6 Å². The summed E-state index contributed by atoms with van der Waals surface area (Å²) in [6, 6.07) is 12.6. The van der Waals surface area contributed by atoms with Crippen molar-refractivity contribution in [3.8, 4) is 0 Å². The van der Waals surface area contributed by atoms with Crippen molar-refractivity contribution >= 4 is 45.3 Å². The highest BCUT2D eigenvalue weighted by molar-refractivity contribution is 14.1. The predicted octanol–water partition coefficient (Wildman–Crippen LogP) is 3.01. The Hall–Kier alpha value is -2.13. The number of halogens is 1. The second-order valence-electron chi connectivity index (χ2n) is 5.97. The van der Waals surface area contributed by atoms with Crippen molar-refractivity contribution in [3.63, 3.8) is 0 Å². The fourth-order valence-electron chi connectivity index (χ4n) is 2.48. The second kappa shape index (κ2) is 7.40. The third-order valence-electron chi connectivity index (χ3n) is 3.78. The average Bonchev–Trinajstić information content (AvgIpc) is 2.87. The normalized spacial score (nSPS) is 11.2. The molecule has 0 radical (unpaired) electrons. The van der Waals surface area contributed by atoms with Gasteiger partial charge in [0.05, 0.1) is 5.52 Å². The van der Waals surface area contributed by atoms with E-state index in [4.69, 9.17) is 4.42 Å². The molecule has 1 amide bonds. The minimum absolute atomic E-state index is 0.191. The summed E-state index contributed by atoms with van der Waals surface area (Å²) in [6.07, 6.45) is 0. The number of oxazole rings is 1. The summed E-state index contributed by atoms with van der Waals surface area (Å²) in [5.41, 5.74) is 2.39. The quantitative estimate of drug-likeness (QED) is 0.606. The number of nitrogens with zero attached hydrogens (tertiary/aromatic N) is 2. The molecule has 2 aromatic carbocycles. The molecule has 1 N–H and O–H groups in total.